The van der Waals surface area contributed by atoms with E-state index in [9.17, 15) is 9.59 Å². The zero-order valence-electron chi connectivity index (χ0n) is 11.4. The summed E-state index contributed by atoms with van der Waals surface area (Å²) in [6.07, 6.45) is 0. The van der Waals surface area contributed by atoms with Crippen LogP contribution in [0.5, 0.6) is 0 Å². The number of nitrogens with zero attached hydrogens (tertiary/aromatic N) is 2. The van der Waals surface area contributed by atoms with Gasteiger partial charge in [-0.3, -0.25) is 9.59 Å². The lowest BCUT2D eigenvalue weighted by atomic mass is 10.2. The second-order valence-electron chi connectivity index (χ2n) is 4.59. The molecule has 0 aromatic carbocycles. The fourth-order valence-electron chi connectivity index (χ4n) is 1.68. The molecule has 2 heterocycles. The van der Waals surface area contributed by atoms with E-state index in [0.29, 0.717) is 5.69 Å². The van der Waals surface area contributed by atoms with E-state index in [0.717, 1.165) is 14.4 Å². The Morgan fingerprint density at radius 2 is 2.14 bits per heavy atom. The Kier molecular flexibility index (Phi) is 5.13. The largest absolute Gasteiger partial charge is 0.481 e. The quantitative estimate of drug-likeness (QED) is 0.851. The maximum atomic E-state index is 12.2. The van der Waals surface area contributed by atoms with Crippen LogP contribution in [0.15, 0.2) is 21.3 Å². The van der Waals surface area contributed by atoms with Gasteiger partial charge in [0, 0.05) is 28.8 Å². The minimum absolute atomic E-state index is 0.158. The molecule has 0 saturated heterocycles. The Bertz CT molecular complexity index is 668. The fourth-order valence-corrected chi connectivity index (χ4v) is 3.98. The minimum atomic E-state index is -0.919. The number of carboxylic acids is 1. The summed E-state index contributed by atoms with van der Waals surface area (Å²) in [5, 5.41) is 13.3. The summed E-state index contributed by atoms with van der Waals surface area (Å²) >= 11 is 6.34. The molecule has 2 aromatic heterocycles. The van der Waals surface area contributed by atoms with Crippen LogP contribution in [0.3, 0.4) is 0 Å². The molecule has 5 nitrogen and oxygen atoms in total. The third-order valence-corrected chi connectivity index (χ3v) is 5.52. The second-order valence-corrected chi connectivity index (χ2v) is 7.28. The van der Waals surface area contributed by atoms with Crippen molar-refractivity contribution in [3.8, 4) is 9.88 Å². The van der Waals surface area contributed by atoms with Crippen LogP contribution < -0.4 is 0 Å². The predicted octanol–water partition coefficient (Wildman–Crippen LogP) is 3.43. The first-order valence-electron chi connectivity index (χ1n) is 6.06. The number of hydrogen-bond acceptors (Lipinski definition) is 5. The molecular formula is C13H13BrN2O3S2. The first-order chi connectivity index (χ1) is 9.88. The Hall–Kier alpha value is -1.25. The van der Waals surface area contributed by atoms with Crippen LogP contribution in [0, 0.1) is 5.92 Å². The molecule has 21 heavy (non-hydrogen) atoms. The van der Waals surface area contributed by atoms with Crippen molar-refractivity contribution < 1.29 is 14.7 Å². The first-order valence-corrected chi connectivity index (χ1v) is 8.62. The number of aliphatic carboxylic acids is 1. The number of hydrogen-bond donors (Lipinski definition) is 1. The van der Waals surface area contributed by atoms with Gasteiger partial charge in [-0.1, -0.05) is 6.92 Å². The zero-order valence-corrected chi connectivity index (χ0v) is 14.6. The number of carbonyl (C=O) groups is 2. The van der Waals surface area contributed by atoms with Gasteiger partial charge in [0.05, 0.1) is 10.8 Å². The van der Waals surface area contributed by atoms with Crippen LogP contribution in [0.4, 0.5) is 0 Å². The topological polar surface area (TPSA) is 70.5 Å². The number of thiazole rings is 1. The van der Waals surface area contributed by atoms with Crippen molar-refractivity contribution in [3.05, 3.63) is 27.0 Å². The summed E-state index contributed by atoms with van der Waals surface area (Å²) in [6, 6.07) is 1.95. The van der Waals surface area contributed by atoms with Crippen molar-refractivity contribution >= 4 is 50.5 Å². The van der Waals surface area contributed by atoms with Gasteiger partial charge >= 0.3 is 5.97 Å². The number of halogens is 1. The molecule has 0 aliphatic carbocycles. The van der Waals surface area contributed by atoms with E-state index in [1.54, 1.807) is 30.7 Å². The van der Waals surface area contributed by atoms with E-state index in [1.807, 2.05) is 11.4 Å². The summed E-state index contributed by atoms with van der Waals surface area (Å²) in [7, 11) is 1.59. The molecular weight excluding hydrogens is 376 g/mol. The zero-order chi connectivity index (χ0) is 15.6. The van der Waals surface area contributed by atoms with Gasteiger partial charge in [-0.25, -0.2) is 4.98 Å². The molecule has 1 unspecified atom stereocenters. The van der Waals surface area contributed by atoms with Crippen molar-refractivity contribution in [1.29, 1.82) is 0 Å². The number of amides is 1. The van der Waals surface area contributed by atoms with Crippen LogP contribution >= 0.6 is 38.6 Å². The molecule has 0 spiro atoms. The summed E-state index contributed by atoms with van der Waals surface area (Å²) in [4.78, 5) is 29.8. The first kappa shape index (κ1) is 16.1. The number of thiophene rings is 1. The van der Waals surface area contributed by atoms with Gasteiger partial charge in [-0.2, -0.15) is 0 Å². The van der Waals surface area contributed by atoms with Crippen LogP contribution in [0.1, 0.15) is 17.4 Å². The van der Waals surface area contributed by atoms with E-state index in [-0.39, 0.29) is 12.5 Å². The number of rotatable bonds is 5. The smallest absolute Gasteiger partial charge is 0.308 e. The maximum absolute atomic E-state index is 12.2. The van der Waals surface area contributed by atoms with E-state index >= 15 is 0 Å². The molecule has 0 bridgehead atoms. The highest BCUT2D eigenvalue weighted by Crippen LogP contribution is 2.32. The highest BCUT2D eigenvalue weighted by Gasteiger charge is 2.21. The van der Waals surface area contributed by atoms with Gasteiger partial charge in [0.25, 0.3) is 5.91 Å². The highest BCUT2D eigenvalue weighted by atomic mass is 79.9. The lowest BCUT2D eigenvalue weighted by Gasteiger charge is -2.18. The number of aromatic nitrogens is 1. The van der Waals surface area contributed by atoms with Crippen LogP contribution in [-0.2, 0) is 4.79 Å². The molecule has 0 aliphatic heterocycles. The predicted molar refractivity (Wildman–Crippen MR) is 86.9 cm³/mol. The third kappa shape index (κ3) is 3.90. The normalized spacial score (nSPS) is 12.1. The molecule has 1 N–H and O–H groups in total. The molecule has 112 valence electrons. The Labute approximate surface area is 138 Å². The van der Waals surface area contributed by atoms with E-state index in [2.05, 4.69) is 20.9 Å². The van der Waals surface area contributed by atoms with Crippen LogP contribution in [0.2, 0.25) is 0 Å². The molecule has 2 aromatic rings. The van der Waals surface area contributed by atoms with Crippen molar-refractivity contribution in [2.75, 3.05) is 13.6 Å². The molecule has 1 atom stereocenters. The average Bonchev–Trinajstić information content (AvgIpc) is 3.05. The lowest BCUT2D eigenvalue weighted by Crippen LogP contribution is -2.33. The van der Waals surface area contributed by atoms with Gasteiger partial charge in [0.15, 0.2) is 0 Å². The fraction of sp³-hybridized carbons (Fsp3) is 0.308. The van der Waals surface area contributed by atoms with E-state index in [4.69, 9.17) is 5.11 Å². The van der Waals surface area contributed by atoms with E-state index in [1.165, 1.54) is 16.2 Å². The average molecular weight is 389 g/mol. The summed E-state index contributed by atoms with van der Waals surface area (Å²) in [6.45, 7) is 1.73. The van der Waals surface area contributed by atoms with Gasteiger partial charge in [0.2, 0.25) is 0 Å². The number of carbonyl (C=O) groups excluding carboxylic acids is 1. The Morgan fingerprint density at radius 1 is 1.43 bits per heavy atom. The molecule has 0 radical (unpaired) electrons. The minimum Gasteiger partial charge on any atom is -0.481 e. The van der Waals surface area contributed by atoms with Crippen molar-refractivity contribution in [2.24, 2.45) is 5.92 Å². The Balaban J connectivity index is 2.10. The highest BCUT2D eigenvalue weighted by molar-refractivity contribution is 9.10. The summed E-state index contributed by atoms with van der Waals surface area (Å²) < 4.78 is 0.984. The SMILES string of the molecule is CC(CN(C)C(=O)c1csc(-c2cc(Br)cs2)n1)C(=O)O. The van der Waals surface area contributed by atoms with Crippen LogP contribution in [-0.4, -0.2) is 40.5 Å². The number of carboxylic acid groups (broad SMARTS) is 1. The van der Waals surface area contributed by atoms with Gasteiger partial charge in [-0.05, 0) is 22.0 Å². The second kappa shape index (κ2) is 6.67. The van der Waals surface area contributed by atoms with Crippen molar-refractivity contribution in [1.82, 2.24) is 9.88 Å². The van der Waals surface area contributed by atoms with Gasteiger partial charge in [0.1, 0.15) is 10.7 Å². The summed E-state index contributed by atoms with van der Waals surface area (Å²) in [5.41, 5.74) is 0.347. The lowest BCUT2D eigenvalue weighted by molar-refractivity contribution is -0.141. The molecule has 8 heteroatoms. The van der Waals surface area contributed by atoms with Crippen LogP contribution in [0.25, 0.3) is 9.88 Å². The van der Waals surface area contributed by atoms with Crippen molar-refractivity contribution in [3.63, 3.8) is 0 Å². The standard InChI is InChI=1S/C13H13BrN2O3S2/c1-7(13(18)19)4-16(2)12(17)9-6-21-11(15-9)10-3-8(14)5-20-10/h3,5-7H,4H2,1-2H3,(H,18,19). The summed E-state index contributed by atoms with van der Waals surface area (Å²) in [5.74, 6) is -1.79. The van der Waals surface area contributed by atoms with Gasteiger partial charge < -0.3 is 10.0 Å². The Morgan fingerprint density at radius 3 is 2.71 bits per heavy atom. The van der Waals surface area contributed by atoms with E-state index < -0.39 is 11.9 Å². The molecule has 0 fully saturated rings. The molecule has 2 rings (SSSR count). The monoisotopic (exact) mass is 388 g/mol. The molecule has 0 aliphatic rings. The third-order valence-electron chi connectivity index (χ3n) is 2.82. The maximum Gasteiger partial charge on any atom is 0.308 e. The van der Waals surface area contributed by atoms with Gasteiger partial charge in [-0.15, -0.1) is 22.7 Å². The molecule has 1 amide bonds. The molecule has 0 saturated carbocycles. The van der Waals surface area contributed by atoms with Crippen molar-refractivity contribution in [2.45, 2.75) is 6.92 Å².